The van der Waals surface area contributed by atoms with Crippen molar-refractivity contribution >= 4 is 17.6 Å². The molecule has 1 amide bonds. The predicted octanol–water partition coefficient (Wildman–Crippen LogP) is 1.62. The van der Waals surface area contributed by atoms with Gasteiger partial charge < -0.3 is 10.4 Å². The average Bonchev–Trinajstić information content (AvgIpc) is 3.16. The van der Waals surface area contributed by atoms with Crippen LogP contribution in [0.25, 0.3) is 0 Å². The summed E-state index contributed by atoms with van der Waals surface area (Å²) in [5.41, 5.74) is 0.887. The van der Waals surface area contributed by atoms with Gasteiger partial charge in [0.15, 0.2) is 0 Å². The molecule has 1 aromatic rings. The van der Waals surface area contributed by atoms with Crippen LogP contribution in [0.4, 0.5) is 10.1 Å². The largest absolute Gasteiger partial charge is 0.480 e. The summed E-state index contributed by atoms with van der Waals surface area (Å²) in [7, 11) is 0. The third-order valence-electron chi connectivity index (χ3n) is 3.20. The molecule has 0 spiro atoms. The molecular weight excluding hydrogens is 263 g/mol. The van der Waals surface area contributed by atoms with Crippen LogP contribution >= 0.6 is 0 Å². The van der Waals surface area contributed by atoms with Crippen molar-refractivity contribution in [1.29, 1.82) is 0 Å². The van der Waals surface area contributed by atoms with Gasteiger partial charge in [-0.05, 0) is 37.5 Å². The monoisotopic (exact) mass is 280 g/mol. The third-order valence-corrected chi connectivity index (χ3v) is 3.20. The van der Waals surface area contributed by atoms with Gasteiger partial charge in [0.05, 0.1) is 13.1 Å². The maximum Gasteiger partial charge on any atom is 0.317 e. The Labute approximate surface area is 116 Å². The second-order valence-corrected chi connectivity index (χ2v) is 5.04. The molecule has 0 saturated heterocycles. The molecule has 0 bridgehead atoms. The number of amides is 1. The number of nitrogens with one attached hydrogen (secondary N) is 1. The van der Waals surface area contributed by atoms with E-state index in [0.717, 1.165) is 12.8 Å². The second-order valence-electron chi connectivity index (χ2n) is 5.04. The highest BCUT2D eigenvalue weighted by atomic mass is 19.1. The summed E-state index contributed by atoms with van der Waals surface area (Å²) in [5, 5.41) is 11.4. The zero-order valence-corrected chi connectivity index (χ0v) is 11.2. The lowest BCUT2D eigenvalue weighted by molar-refractivity contribution is -0.138. The van der Waals surface area contributed by atoms with Gasteiger partial charge >= 0.3 is 5.97 Å². The summed E-state index contributed by atoms with van der Waals surface area (Å²) < 4.78 is 13.4. The van der Waals surface area contributed by atoms with E-state index in [9.17, 15) is 14.0 Å². The van der Waals surface area contributed by atoms with Crippen molar-refractivity contribution in [2.75, 3.05) is 18.4 Å². The highest BCUT2D eigenvalue weighted by Crippen LogP contribution is 2.26. The molecule has 1 aromatic carbocycles. The van der Waals surface area contributed by atoms with Crippen molar-refractivity contribution in [1.82, 2.24) is 4.90 Å². The lowest BCUT2D eigenvalue weighted by atomic mass is 10.2. The van der Waals surface area contributed by atoms with E-state index in [1.165, 1.54) is 6.07 Å². The lowest BCUT2D eigenvalue weighted by Crippen LogP contribution is -2.38. The molecule has 108 valence electrons. The molecular formula is C14H17FN2O3. The summed E-state index contributed by atoms with van der Waals surface area (Å²) >= 11 is 0. The van der Waals surface area contributed by atoms with Crippen LogP contribution < -0.4 is 5.32 Å². The Kier molecular flexibility index (Phi) is 4.34. The fraction of sp³-hybridized carbons (Fsp3) is 0.429. The number of carbonyl (C=O) groups is 2. The standard InChI is InChI=1S/C14H17FN2O3/c1-9-2-3-10(6-12(9)15)16-13(18)7-17(8-14(19)20)11-4-5-11/h2-3,6,11H,4-5,7-8H2,1H3,(H,16,18)(H,19,20). The van der Waals surface area contributed by atoms with Crippen molar-refractivity contribution in [3.8, 4) is 0 Å². The molecule has 0 radical (unpaired) electrons. The molecule has 2 N–H and O–H groups in total. The number of aliphatic carboxylic acids is 1. The first-order valence-corrected chi connectivity index (χ1v) is 6.47. The number of aryl methyl sites for hydroxylation is 1. The van der Waals surface area contributed by atoms with E-state index < -0.39 is 5.97 Å². The number of carboxylic acid groups (broad SMARTS) is 1. The number of hydrogen-bond acceptors (Lipinski definition) is 3. The van der Waals surface area contributed by atoms with Crippen LogP contribution in [0.1, 0.15) is 18.4 Å². The summed E-state index contributed by atoms with van der Waals surface area (Å²) in [6.45, 7) is 1.50. The van der Waals surface area contributed by atoms with E-state index in [1.807, 2.05) is 0 Å². The molecule has 5 nitrogen and oxygen atoms in total. The molecule has 2 rings (SSSR count). The zero-order chi connectivity index (χ0) is 14.7. The van der Waals surface area contributed by atoms with Gasteiger partial charge in [0.25, 0.3) is 0 Å². The van der Waals surface area contributed by atoms with E-state index in [4.69, 9.17) is 5.11 Å². The van der Waals surface area contributed by atoms with Crippen molar-refractivity contribution in [2.45, 2.75) is 25.8 Å². The van der Waals surface area contributed by atoms with Gasteiger partial charge in [0.2, 0.25) is 5.91 Å². The van der Waals surface area contributed by atoms with Gasteiger partial charge in [0, 0.05) is 11.7 Å². The van der Waals surface area contributed by atoms with Crippen molar-refractivity contribution in [3.05, 3.63) is 29.6 Å². The number of anilines is 1. The Morgan fingerprint density at radius 2 is 2.10 bits per heavy atom. The molecule has 1 saturated carbocycles. The molecule has 1 aliphatic rings. The topological polar surface area (TPSA) is 69.6 Å². The summed E-state index contributed by atoms with van der Waals surface area (Å²) in [6.07, 6.45) is 1.83. The summed E-state index contributed by atoms with van der Waals surface area (Å²) in [6, 6.07) is 4.63. The lowest BCUT2D eigenvalue weighted by Gasteiger charge is -2.19. The minimum Gasteiger partial charge on any atom is -0.480 e. The molecule has 0 aliphatic heterocycles. The first-order chi connectivity index (χ1) is 9.45. The van der Waals surface area contributed by atoms with Gasteiger partial charge in [-0.2, -0.15) is 0 Å². The smallest absolute Gasteiger partial charge is 0.317 e. The number of benzene rings is 1. The number of carbonyl (C=O) groups excluding carboxylic acids is 1. The Balaban J connectivity index is 1.93. The first-order valence-electron chi connectivity index (χ1n) is 6.47. The van der Waals surface area contributed by atoms with E-state index in [0.29, 0.717) is 11.3 Å². The van der Waals surface area contributed by atoms with Crippen LogP contribution in [0, 0.1) is 12.7 Å². The highest BCUT2D eigenvalue weighted by Gasteiger charge is 2.31. The van der Waals surface area contributed by atoms with E-state index in [2.05, 4.69) is 5.32 Å². The Morgan fingerprint density at radius 3 is 2.65 bits per heavy atom. The minimum atomic E-state index is -0.953. The molecule has 0 heterocycles. The summed E-state index contributed by atoms with van der Waals surface area (Å²) in [5.74, 6) is -1.67. The number of rotatable bonds is 6. The van der Waals surface area contributed by atoms with Crippen LogP contribution in [0.3, 0.4) is 0 Å². The van der Waals surface area contributed by atoms with Gasteiger partial charge in [0.1, 0.15) is 5.82 Å². The SMILES string of the molecule is Cc1ccc(NC(=O)CN(CC(=O)O)C2CC2)cc1F. The van der Waals surface area contributed by atoms with Crippen LogP contribution in [0.5, 0.6) is 0 Å². The van der Waals surface area contributed by atoms with E-state index >= 15 is 0 Å². The predicted molar refractivity (Wildman–Crippen MR) is 72.0 cm³/mol. The molecule has 0 unspecified atom stereocenters. The molecule has 1 aliphatic carbocycles. The number of halogens is 1. The van der Waals surface area contributed by atoms with Crippen LogP contribution in [-0.2, 0) is 9.59 Å². The van der Waals surface area contributed by atoms with Gasteiger partial charge in [-0.3, -0.25) is 14.5 Å². The van der Waals surface area contributed by atoms with Gasteiger partial charge in [-0.1, -0.05) is 6.07 Å². The Bertz CT molecular complexity index is 529. The molecule has 0 aromatic heterocycles. The Hall–Kier alpha value is -1.95. The van der Waals surface area contributed by atoms with Crippen molar-refractivity contribution in [2.24, 2.45) is 0 Å². The Morgan fingerprint density at radius 1 is 1.40 bits per heavy atom. The third kappa shape index (κ3) is 4.03. The van der Waals surface area contributed by atoms with Crippen LogP contribution in [0.2, 0.25) is 0 Å². The average molecular weight is 280 g/mol. The van der Waals surface area contributed by atoms with Crippen LogP contribution in [-0.4, -0.2) is 41.0 Å². The van der Waals surface area contributed by atoms with Crippen molar-refractivity contribution < 1.29 is 19.1 Å². The molecule has 6 heteroatoms. The second kappa shape index (κ2) is 6.00. The molecule has 1 fully saturated rings. The minimum absolute atomic E-state index is 0.00641. The first kappa shape index (κ1) is 14.5. The number of carboxylic acids is 1. The number of nitrogens with zero attached hydrogens (tertiary/aromatic N) is 1. The number of hydrogen-bond donors (Lipinski definition) is 2. The summed E-state index contributed by atoms with van der Waals surface area (Å²) in [4.78, 5) is 24.2. The van der Waals surface area contributed by atoms with E-state index in [1.54, 1.807) is 24.0 Å². The molecule has 0 atom stereocenters. The fourth-order valence-corrected chi connectivity index (χ4v) is 1.98. The quantitative estimate of drug-likeness (QED) is 0.831. The van der Waals surface area contributed by atoms with Gasteiger partial charge in [-0.15, -0.1) is 0 Å². The fourth-order valence-electron chi connectivity index (χ4n) is 1.98. The van der Waals surface area contributed by atoms with Crippen LogP contribution in [0.15, 0.2) is 18.2 Å². The zero-order valence-electron chi connectivity index (χ0n) is 11.2. The van der Waals surface area contributed by atoms with E-state index in [-0.39, 0.29) is 30.9 Å². The highest BCUT2D eigenvalue weighted by molar-refractivity contribution is 5.92. The normalized spacial score (nSPS) is 14.3. The van der Waals surface area contributed by atoms with Gasteiger partial charge in [-0.25, -0.2) is 4.39 Å². The molecule has 20 heavy (non-hydrogen) atoms. The van der Waals surface area contributed by atoms with Crippen molar-refractivity contribution in [3.63, 3.8) is 0 Å². The maximum atomic E-state index is 13.4. The maximum absolute atomic E-state index is 13.4.